The quantitative estimate of drug-likeness (QED) is 0.782. The molecule has 0 radical (unpaired) electrons. The Morgan fingerprint density at radius 3 is 2.41 bits per heavy atom. The molecule has 0 fully saturated rings. The first-order valence-electron chi connectivity index (χ1n) is 6.80. The maximum atomic E-state index is 12.0. The molecule has 0 aliphatic heterocycles. The van der Waals surface area contributed by atoms with Crippen molar-refractivity contribution in [1.29, 1.82) is 0 Å². The first-order valence-corrected chi connectivity index (χ1v) is 7.93. The van der Waals surface area contributed by atoms with Gasteiger partial charge in [0.25, 0.3) is 5.91 Å². The molecule has 0 saturated heterocycles. The second kappa shape index (κ2) is 7.84. The lowest BCUT2D eigenvalue weighted by atomic mass is 10.1. The van der Waals surface area contributed by atoms with Gasteiger partial charge in [-0.3, -0.25) is 4.79 Å². The van der Waals surface area contributed by atoms with E-state index in [0.717, 1.165) is 0 Å². The van der Waals surface area contributed by atoms with Gasteiger partial charge in [0, 0.05) is 5.56 Å². The number of hydrogen-bond donors (Lipinski definition) is 2. The molecule has 3 nitrogen and oxygen atoms in total. The molecular formula is C16H16Cl3N2O+. The van der Waals surface area contributed by atoms with E-state index < -0.39 is 0 Å². The molecule has 1 amide bonds. The van der Waals surface area contributed by atoms with Crippen LogP contribution in [0.15, 0.2) is 42.5 Å². The van der Waals surface area contributed by atoms with E-state index in [4.69, 9.17) is 34.8 Å². The number of benzene rings is 2. The first kappa shape index (κ1) is 17.1. The molecular weight excluding hydrogens is 343 g/mol. The van der Waals surface area contributed by atoms with Gasteiger partial charge < -0.3 is 10.6 Å². The molecule has 2 aromatic carbocycles. The van der Waals surface area contributed by atoms with E-state index in [1.165, 1.54) is 11.6 Å². The molecule has 0 saturated carbocycles. The number of hydrogen-bond acceptors (Lipinski definition) is 1. The van der Waals surface area contributed by atoms with E-state index in [2.05, 4.69) is 12.2 Å². The fourth-order valence-electron chi connectivity index (χ4n) is 2.00. The van der Waals surface area contributed by atoms with Crippen LogP contribution >= 0.6 is 34.8 Å². The maximum absolute atomic E-state index is 12.0. The number of rotatable bonds is 5. The topological polar surface area (TPSA) is 45.7 Å². The smallest absolute Gasteiger partial charge is 0.279 e. The van der Waals surface area contributed by atoms with Crippen LogP contribution in [0.2, 0.25) is 15.1 Å². The van der Waals surface area contributed by atoms with E-state index in [1.54, 1.807) is 6.07 Å². The maximum Gasteiger partial charge on any atom is 0.279 e. The molecule has 0 unspecified atom stereocenters. The van der Waals surface area contributed by atoms with E-state index in [0.29, 0.717) is 20.8 Å². The Bertz CT molecular complexity index is 662. The molecule has 1 atom stereocenters. The van der Waals surface area contributed by atoms with Crippen LogP contribution in [-0.4, -0.2) is 12.5 Å². The third-order valence-corrected chi connectivity index (χ3v) is 4.30. The molecule has 6 heteroatoms. The summed E-state index contributed by atoms with van der Waals surface area (Å²) in [6.07, 6.45) is 0. The number of anilines is 1. The molecule has 0 spiro atoms. The summed E-state index contributed by atoms with van der Waals surface area (Å²) in [7, 11) is 0. The average molecular weight is 359 g/mol. The van der Waals surface area contributed by atoms with Gasteiger partial charge in [-0.2, -0.15) is 0 Å². The largest absolute Gasteiger partial charge is 0.333 e. The third kappa shape index (κ3) is 4.62. The SMILES string of the molecule is C[C@H]([NH2+]CC(=O)Nc1cc(Cl)c(Cl)cc1Cl)c1ccccc1. The highest BCUT2D eigenvalue weighted by Gasteiger charge is 2.13. The zero-order chi connectivity index (χ0) is 16.1. The molecule has 0 aliphatic rings. The van der Waals surface area contributed by atoms with Crippen molar-refractivity contribution in [2.45, 2.75) is 13.0 Å². The summed E-state index contributed by atoms with van der Waals surface area (Å²) in [4.78, 5) is 12.0. The minimum absolute atomic E-state index is 0.150. The summed E-state index contributed by atoms with van der Waals surface area (Å²) in [5.41, 5.74) is 1.63. The van der Waals surface area contributed by atoms with E-state index >= 15 is 0 Å². The van der Waals surface area contributed by atoms with Crippen molar-refractivity contribution in [3.63, 3.8) is 0 Å². The van der Waals surface area contributed by atoms with Crippen LogP contribution in [0.3, 0.4) is 0 Å². The van der Waals surface area contributed by atoms with Crippen molar-refractivity contribution in [2.75, 3.05) is 11.9 Å². The summed E-state index contributed by atoms with van der Waals surface area (Å²) in [6, 6.07) is 13.3. The molecule has 0 heterocycles. The Labute approximate surface area is 144 Å². The summed E-state index contributed by atoms with van der Waals surface area (Å²) in [6.45, 7) is 2.33. The van der Waals surface area contributed by atoms with Crippen LogP contribution in [0.4, 0.5) is 5.69 Å². The van der Waals surface area contributed by atoms with Gasteiger partial charge in [0.15, 0.2) is 6.54 Å². The number of halogens is 3. The Morgan fingerprint density at radius 2 is 1.73 bits per heavy atom. The molecule has 116 valence electrons. The Morgan fingerprint density at radius 1 is 1.09 bits per heavy atom. The highest BCUT2D eigenvalue weighted by Crippen LogP contribution is 2.32. The van der Waals surface area contributed by atoms with E-state index in [1.807, 2.05) is 35.6 Å². The van der Waals surface area contributed by atoms with Crippen LogP contribution in [0.5, 0.6) is 0 Å². The predicted molar refractivity (Wildman–Crippen MR) is 91.8 cm³/mol. The second-order valence-electron chi connectivity index (χ2n) is 4.93. The van der Waals surface area contributed by atoms with Gasteiger partial charge in [0.1, 0.15) is 6.04 Å². The van der Waals surface area contributed by atoms with Crippen LogP contribution in [0.25, 0.3) is 0 Å². The van der Waals surface area contributed by atoms with Gasteiger partial charge in [-0.25, -0.2) is 0 Å². The van der Waals surface area contributed by atoms with Crippen LogP contribution in [0.1, 0.15) is 18.5 Å². The standard InChI is InChI=1S/C16H15Cl3N2O/c1-10(11-5-3-2-4-6-11)20-9-16(22)21-15-8-13(18)12(17)7-14(15)19/h2-8,10,20H,9H2,1H3,(H,21,22)/p+1/t10-/m0/s1. The van der Waals surface area contributed by atoms with Gasteiger partial charge in [0.2, 0.25) is 0 Å². The third-order valence-electron chi connectivity index (χ3n) is 3.27. The zero-order valence-corrected chi connectivity index (χ0v) is 14.2. The number of quaternary nitrogens is 1. The number of carbonyl (C=O) groups excluding carboxylic acids is 1. The number of carbonyl (C=O) groups is 1. The van der Waals surface area contributed by atoms with Crippen molar-refractivity contribution >= 4 is 46.4 Å². The summed E-state index contributed by atoms with van der Waals surface area (Å²) < 4.78 is 0. The predicted octanol–water partition coefficient (Wildman–Crippen LogP) is 3.91. The summed E-state index contributed by atoms with van der Waals surface area (Å²) >= 11 is 17.8. The van der Waals surface area contributed by atoms with Crippen molar-refractivity contribution < 1.29 is 10.1 Å². The van der Waals surface area contributed by atoms with Gasteiger partial charge in [-0.05, 0) is 19.1 Å². The Balaban J connectivity index is 1.92. The van der Waals surface area contributed by atoms with Crippen molar-refractivity contribution in [3.05, 3.63) is 63.1 Å². The lowest BCUT2D eigenvalue weighted by molar-refractivity contribution is -0.682. The summed E-state index contributed by atoms with van der Waals surface area (Å²) in [5.74, 6) is -0.150. The lowest BCUT2D eigenvalue weighted by Crippen LogP contribution is -2.86. The summed E-state index contributed by atoms with van der Waals surface area (Å²) in [5, 5.41) is 5.76. The minimum Gasteiger partial charge on any atom is -0.333 e. The van der Waals surface area contributed by atoms with E-state index in [9.17, 15) is 4.79 Å². The number of amides is 1. The van der Waals surface area contributed by atoms with Gasteiger partial charge in [0.05, 0.1) is 20.8 Å². The van der Waals surface area contributed by atoms with Gasteiger partial charge >= 0.3 is 0 Å². The molecule has 2 aromatic rings. The van der Waals surface area contributed by atoms with Crippen LogP contribution in [-0.2, 0) is 4.79 Å². The zero-order valence-electron chi connectivity index (χ0n) is 11.9. The van der Waals surface area contributed by atoms with Gasteiger partial charge in [-0.1, -0.05) is 65.1 Å². The van der Waals surface area contributed by atoms with Crippen molar-refractivity contribution in [3.8, 4) is 0 Å². The Hall–Kier alpha value is -1.26. The molecule has 2 rings (SSSR count). The molecule has 22 heavy (non-hydrogen) atoms. The van der Waals surface area contributed by atoms with Crippen molar-refractivity contribution in [2.24, 2.45) is 0 Å². The fourth-order valence-corrected chi connectivity index (χ4v) is 2.59. The van der Waals surface area contributed by atoms with Crippen molar-refractivity contribution in [1.82, 2.24) is 0 Å². The first-order chi connectivity index (χ1) is 10.5. The molecule has 3 N–H and O–H groups in total. The van der Waals surface area contributed by atoms with Crippen LogP contribution < -0.4 is 10.6 Å². The lowest BCUT2D eigenvalue weighted by Gasteiger charge is -2.12. The fraction of sp³-hybridized carbons (Fsp3) is 0.188. The second-order valence-corrected chi connectivity index (χ2v) is 6.16. The number of nitrogens with two attached hydrogens (primary N) is 1. The Kier molecular flexibility index (Phi) is 6.09. The monoisotopic (exact) mass is 357 g/mol. The normalized spacial score (nSPS) is 12.0. The average Bonchev–Trinajstić information content (AvgIpc) is 2.51. The molecule has 0 aromatic heterocycles. The molecule has 0 aliphatic carbocycles. The number of nitrogens with one attached hydrogen (secondary N) is 1. The minimum atomic E-state index is -0.150. The van der Waals surface area contributed by atoms with Gasteiger partial charge in [-0.15, -0.1) is 0 Å². The highest BCUT2D eigenvalue weighted by molar-refractivity contribution is 6.44. The van der Waals surface area contributed by atoms with Crippen LogP contribution in [0, 0.1) is 0 Å². The highest BCUT2D eigenvalue weighted by atomic mass is 35.5. The van der Waals surface area contributed by atoms with E-state index in [-0.39, 0.29) is 18.5 Å². The molecule has 0 bridgehead atoms.